The number of nitrogens with one attached hydrogen (secondary N) is 2. The lowest BCUT2D eigenvalue weighted by Gasteiger charge is -2.33. The maximum atomic E-state index is 12.3. The van der Waals surface area contributed by atoms with Crippen LogP contribution in [0.1, 0.15) is 25.3 Å². The minimum Gasteiger partial charge on any atom is -0.357 e. The average Bonchev–Trinajstić information content (AvgIpc) is 2.56. The van der Waals surface area contributed by atoms with Crippen LogP contribution in [0.15, 0.2) is 33.7 Å². The summed E-state index contributed by atoms with van der Waals surface area (Å²) in [5, 5.41) is 6.31. The van der Waals surface area contributed by atoms with Gasteiger partial charge in [0.25, 0.3) is 6.43 Å². The Morgan fingerprint density at radius 2 is 1.92 bits per heavy atom. The van der Waals surface area contributed by atoms with E-state index in [0.29, 0.717) is 12.5 Å². The summed E-state index contributed by atoms with van der Waals surface area (Å²) in [6.45, 7) is 5.05. The summed E-state index contributed by atoms with van der Waals surface area (Å²) >= 11 is 3.45. The van der Waals surface area contributed by atoms with Gasteiger partial charge in [-0.2, -0.15) is 0 Å². The fraction of sp³-hybridized carbons (Fsp3) is 0.588. The molecule has 1 aliphatic heterocycles. The number of guanidine groups is 1. The molecule has 25 heavy (non-hydrogen) atoms. The molecule has 0 aromatic heterocycles. The van der Waals surface area contributed by atoms with Crippen LogP contribution in [0.2, 0.25) is 0 Å². The van der Waals surface area contributed by atoms with Crippen LogP contribution >= 0.6 is 39.9 Å². The van der Waals surface area contributed by atoms with Crippen molar-refractivity contribution in [3.63, 3.8) is 0 Å². The Morgan fingerprint density at radius 1 is 1.28 bits per heavy atom. The van der Waals surface area contributed by atoms with Crippen molar-refractivity contribution in [3.8, 4) is 0 Å². The summed E-state index contributed by atoms with van der Waals surface area (Å²) in [6, 6.07) is 8.67. The summed E-state index contributed by atoms with van der Waals surface area (Å²) in [4.78, 5) is 6.35. The molecular formula is C17H26BrF2IN4. The molecule has 1 fully saturated rings. The van der Waals surface area contributed by atoms with Gasteiger partial charge in [0.2, 0.25) is 0 Å². The van der Waals surface area contributed by atoms with Gasteiger partial charge in [0, 0.05) is 36.7 Å². The van der Waals surface area contributed by atoms with Crippen LogP contribution in [-0.2, 0) is 6.54 Å². The molecule has 4 nitrogen and oxygen atoms in total. The van der Waals surface area contributed by atoms with Gasteiger partial charge in [-0.25, -0.2) is 13.8 Å². The van der Waals surface area contributed by atoms with E-state index in [0.717, 1.165) is 36.9 Å². The molecule has 1 aromatic rings. The molecule has 2 N–H and O–H groups in total. The maximum absolute atomic E-state index is 12.3. The van der Waals surface area contributed by atoms with Gasteiger partial charge in [0.05, 0.1) is 0 Å². The molecule has 1 heterocycles. The van der Waals surface area contributed by atoms with Crippen LogP contribution in [-0.4, -0.2) is 49.5 Å². The molecular weight excluding hydrogens is 505 g/mol. The number of likely N-dealkylation sites (tertiary alicyclic amines) is 1. The SMILES string of the molecule is CCNC(=NCC(F)F)NC1CCN(Cc2ccc(Br)cc2)CC1.I. The van der Waals surface area contributed by atoms with Gasteiger partial charge in [-0.15, -0.1) is 24.0 Å². The van der Waals surface area contributed by atoms with Crippen LogP contribution in [0.4, 0.5) is 8.78 Å². The van der Waals surface area contributed by atoms with E-state index < -0.39 is 13.0 Å². The first-order chi connectivity index (χ1) is 11.6. The fourth-order valence-corrected chi connectivity index (χ4v) is 3.02. The van der Waals surface area contributed by atoms with Crippen molar-refractivity contribution in [2.75, 3.05) is 26.2 Å². The van der Waals surface area contributed by atoms with Gasteiger partial charge < -0.3 is 10.6 Å². The van der Waals surface area contributed by atoms with Crippen molar-refractivity contribution in [1.29, 1.82) is 0 Å². The zero-order valence-electron chi connectivity index (χ0n) is 14.4. The predicted molar refractivity (Wildman–Crippen MR) is 113 cm³/mol. The number of hydrogen-bond donors (Lipinski definition) is 2. The Bertz CT molecular complexity index is 520. The number of piperidine rings is 1. The van der Waals surface area contributed by atoms with Gasteiger partial charge >= 0.3 is 0 Å². The highest BCUT2D eigenvalue weighted by atomic mass is 127. The maximum Gasteiger partial charge on any atom is 0.257 e. The van der Waals surface area contributed by atoms with E-state index in [9.17, 15) is 8.78 Å². The lowest BCUT2D eigenvalue weighted by molar-refractivity contribution is 0.158. The van der Waals surface area contributed by atoms with Crippen molar-refractivity contribution in [2.45, 2.75) is 38.8 Å². The van der Waals surface area contributed by atoms with Crippen molar-refractivity contribution < 1.29 is 8.78 Å². The second-order valence-corrected chi connectivity index (χ2v) is 6.85. The zero-order chi connectivity index (χ0) is 17.4. The molecule has 0 amide bonds. The van der Waals surface area contributed by atoms with Gasteiger partial charge in [0.1, 0.15) is 6.54 Å². The fourth-order valence-electron chi connectivity index (χ4n) is 2.76. The third-order valence-electron chi connectivity index (χ3n) is 3.98. The van der Waals surface area contributed by atoms with Crippen molar-refractivity contribution in [3.05, 3.63) is 34.3 Å². The summed E-state index contributed by atoms with van der Waals surface area (Å²) in [5.41, 5.74) is 1.30. The Labute approximate surface area is 174 Å². The van der Waals surface area contributed by atoms with E-state index >= 15 is 0 Å². The molecule has 0 saturated carbocycles. The second kappa shape index (κ2) is 12.0. The summed E-state index contributed by atoms with van der Waals surface area (Å²) < 4.78 is 25.7. The summed E-state index contributed by atoms with van der Waals surface area (Å²) in [6.07, 6.45) is -0.446. The minimum absolute atomic E-state index is 0. The number of aliphatic imine (C=N–C) groups is 1. The first-order valence-electron chi connectivity index (χ1n) is 8.36. The zero-order valence-corrected chi connectivity index (χ0v) is 18.3. The van der Waals surface area contributed by atoms with Crippen molar-refractivity contribution in [1.82, 2.24) is 15.5 Å². The highest BCUT2D eigenvalue weighted by Gasteiger charge is 2.20. The van der Waals surface area contributed by atoms with E-state index in [2.05, 4.69) is 60.7 Å². The van der Waals surface area contributed by atoms with Crippen LogP contribution < -0.4 is 10.6 Å². The Kier molecular flexibility index (Phi) is 10.8. The van der Waals surface area contributed by atoms with Gasteiger partial charge in [0.15, 0.2) is 5.96 Å². The molecule has 2 rings (SSSR count). The Morgan fingerprint density at radius 3 is 2.48 bits per heavy atom. The second-order valence-electron chi connectivity index (χ2n) is 5.93. The molecule has 0 unspecified atom stereocenters. The third kappa shape index (κ3) is 8.63. The molecule has 0 atom stereocenters. The highest BCUT2D eigenvalue weighted by molar-refractivity contribution is 14.0. The predicted octanol–water partition coefficient (Wildman–Crippen LogP) is 3.85. The van der Waals surface area contributed by atoms with Crippen LogP contribution in [0.3, 0.4) is 0 Å². The molecule has 1 aromatic carbocycles. The monoisotopic (exact) mass is 530 g/mol. The van der Waals surface area contributed by atoms with E-state index in [4.69, 9.17) is 0 Å². The van der Waals surface area contributed by atoms with E-state index in [1.165, 1.54) is 5.56 Å². The van der Waals surface area contributed by atoms with Crippen LogP contribution in [0.5, 0.6) is 0 Å². The van der Waals surface area contributed by atoms with Crippen molar-refractivity contribution >= 4 is 45.9 Å². The lowest BCUT2D eigenvalue weighted by atomic mass is 10.0. The summed E-state index contributed by atoms with van der Waals surface area (Å²) in [5.74, 6) is 0.490. The normalized spacial score (nSPS) is 16.6. The molecule has 0 bridgehead atoms. The molecule has 1 saturated heterocycles. The molecule has 0 radical (unpaired) electrons. The Balaban J connectivity index is 0.00000312. The van der Waals surface area contributed by atoms with E-state index in [1.807, 2.05) is 6.92 Å². The first kappa shape index (κ1) is 22.6. The number of benzene rings is 1. The number of nitrogens with zero attached hydrogens (tertiary/aromatic N) is 2. The number of rotatable bonds is 6. The average molecular weight is 531 g/mol. The van der Waals surface area contributed by atoms with E-state index in [-0.39, 0.29) is 30.0 Å². The van der Waals surface area contributed by atoms with Crippen LogP contribution in [0, 0.1) is 0 Å². The largest absolute Gasteiger partial charge is 0.357 e. The number of hydrogen-bond acceptors (Lipinski definition) is 2. The van der Waals surface area contributed by atoms with Gasteiger partial charge in [-0.3, -0.25) is 4.90 Å². The molecule has 0 spiro atoms. The topological polar surface area (TPSA) is 39.7 Å². The molecule has 8 heteroatoms. The Hall–Kier alpha value is -0.480. The van der Waals surface area contributed by atoms with E-state index in [1.54, 1.807) is 0 Å². The number of halogens is 4. The third-order valence-corrected chi connectivity index (χ3v) is 4.51. The van der Waals surface area contributed by atoms with Crippen LogP contribution in [0.25, 0.3) is 0 Å². The van der Waals surface area contributed by atoms with Crippen molar-refractivity contribution in [2.24, 2.45) is 4.99 Å². The quantitative estimate of drug-likeness (QED) is 0.333. The first-order valence-corrected chi connectivity index (χ1v) is 9.16. The molecule has 142 valence electrons. The van der Waals surface area contributed by atoms with Gasteiger partial charge in [-0.05, 0) is 37.5 Å². The standard InChI is InChI=1S/C17H25BrF2N4.HI/c1-2-21-17(22-11-16(19)20)23-15-7-9-24(10-8-15)12-13-3-5-14(18)6-4-13;/h3-6,15-16H,2,7-12H2,1H3,(H2,21,22,23);1H. The smallest absolute Gasteiger partial charge is 0.257 e. The van der Waals surface area contributed by atoms with Gasteiger partial charge in [-0.1, -0.05) is 28.1 Å². The number of alkyl halides is 2. The molecule has 0 aliphatic carbocycles. The minimum atomic E-state index is -2.41. The highest BCUT2D eigenvalue weighted by Crippen LogP contribution is 2.16. The summed E-state index contributed by atoms with van der Waals surface area (Å²) in [7, 11) is 0. The lowest BCUT2D eigenvalue weighted by Crippen LogP contribution is -2.48. The molecule has 1 aliphatic rings.